The maximum atomic E-state index is 12.4. The Morgan fingerprint density at radius 3 is 2.96 bits per heavy atom. The average Bonchev–Trinajstić information content (AvgIpc) is 3.36. The minimum absolute atomic E-state index is 0.0343. The van der Waals surface area contributed by atoms with E-state index in [0.29, 0.717) is 30.3 Å². The number of carbonyl (C=O) groups excluding carboxylic acids is 1. The molecule has 1 N–H and O–H groups in total. The Bertz CT molecular complexity index is 1040. The van der Waals surface area contributed by atoms with Crippen molar-refractivity contribution in [2.45, 2.75) is 13.3 Å². The van der Waals surface area contributed by atoms with Gasteiger partial charge in [0, 0.05) is 10.3 Å². The summed E-state index contributed by atoms with van der Waals surface area (Å²) >= 11 is 1.60. The average molecular weight is 369 g/mol. The van der Waals surface area contributed by atoms with Crippen LogP contribution in [0.3, 0.4) is 0 Å². The first kappa shape index (κ1) is 16.3. The Morgan fingerprint density at radius 1 is 1.23 bits per heavy atom. The predicted octanol–water partition coefficient (Wildman–Crippen LogP) is 4.12. The van der Waals surface area contributed by atoms with Crippen LogP contribution < -0.4 is 10.1 Å². The third-order valence-electron chi connectivity index (χ3n) is 3.62. The molecule has 0 radical (unpaired) electrons. The molecule has 0 unspecified atom stereocenters. The van der Waals surface area contributed by atoms with Crippen LogP contribution in [0, 0.1) is 0 Å². The molecule has 0 fully saturated rings. The molecule has 4 aromatic rings. The lowest BCUT2D eigenvalue weighted by molar-refractivity contribution is 0.0995. The van der Waals surface area contributed by atoms with Gasteiger partial charge >= 0.3 is 6.01 Å². The molecular formula is C18H15N3O4S. The summed E-state index contributed by atoms with van der Waals surface area (Å²) in [6, 6.07) is 11.1. The van der Waals surface area contributed by atoms with Gasteiger partial charge in [0.05, 0.1) is 13.0 Å². The third kappa shape index (κ3) is 3.31. The summed E-state index contributed by atoms with van der Waals surface area (Å²) in [4.78, 5) is 13.5. The molecule has 8 heteroatoms. The first-order valence-electron chi connectivity index (χ1n) is 8.04. The summed E-state index contributed by atoms with van der Waals surface area (Å²) in [5.41, 5.74) is 0.531. The van der Waals surface area contributed by atoms with E-state index in [1.54, 1.807) is 23.5 Å². The zero-order chi connectivity index (χ0) is 17.9. The Balaban J connectivity index is 1.50. The zero-order valence-corrected chi connectivity index (χ0v) is 14.7. The second kappa shape index (κ2) is 7.01. The Labute approximate surface area is 152 Å². The maximum absolute atomic E-state index is 12.4. The lowest BCUT2D eigenvalue weighted by atomic mass is 10.2. The molecule has 0 atom stereocenters. The highest BCUT2D eigenvalue weighted by atomic mass is 32.1. The van der Waals surface area contributed by atoms with Crippen molar-refractivity contribution < 1.29 is 18.4 Å². The second-order valence-electron chi connectivity index (χ2n) is 5.43. The summed E-state index contributed by atoms with van der Waals surface area (Å²) < 4.78 is 16.6. The number of aromatic nitrogens is 2. The van der Waals surface area contributed by atoms with Crippen molar-refractivity contribution in [2.24, 2.45) is 0 Å². The Kier molecular flexibility index (Phi) is 4.40. The highest BCUT2D eigenvalue weighted by molar-refractivity contribution is 7.09. The molecule has 7 nitrogen and oxygen atoms in total. The number of hydrogen-bond acceptors (Lipinski definition) is 7. The van der Waals surface area contributed by atoms with E-state index in [2.05, 4.69) is 15.5 Å². The molecule has 26 heavy (non-hydrogen) atoms. The molecule has 0 saturated heterocycles. The van der Waals surface area contributed by atoms with Crippen molar-refractivity contribution in [1.82, 2.24) is 10.2 Å². The van der Waals surface area contributed by atoms with E-state index in [9.17, 15) is 4.79 Å². The molecule has 0 spiro atoms. The van der Waals surface area contributed by atoms with Crippen molar-refractivity contribution in [3.8, 4) is 5.75 Å². The van der Waals surface area contributed by atoms with E-state index >= 15 is 0 Å². The zero-order valence-electron chi connectivity index (χ0n) is 13.9. The van der Waals surface area contributed by atoms with Crippen LogP contribution in [0.15, 0.2) is 50.6 Å². The summed E-state index contributed by atoms with van der Waals surface area (Å²) in [5.74, 6) is 0.714. The van der Waals surface area contributed by atoms with Gasteiger partial charge in [-0.1, -0.05) is 23.3 Å². The highest BCUT2D eigenvalue weighted by Crippen LogP contribution is 2.29. The van der Waals surface area contributed by atoms with Crippen LogP contribution in [0.5, 0.6) is 5.75 Å². The largest absolute Gasteiger partial charge is 0.490 e. The molecule has 0 aliphatic heterocycles. The fraction of sp³-hybridized carbons (Fsp3) is 0.167. The van der Waals surface area contributed by atoms with E-state index < -0.39 is 5.91 Å². The molecule has 132 valence electrons. The van der Waals surface area contributed by atoms with Crippen LogP contribution in [-0.4, -0.2) is 22.7 Å². The van der Waals surface area contributed by atoms with E-state index in [1.807, 2.05) is 36.6 Å². The van der Waals surface area contributed by atoms with Gasteiger partial charge in [-0.15, -0.1) is 16.4 Å². The van der Waals surface area contributed by atoms with Crippen LogP contribution in [-0.2, 0) is 6.42 Å². The molecule has 3 heterocycles. The quantitative estimate of drug-likeness (QED) is 0.550. The second-order valence-corrected chi connectivity index (χ2v) is 6.46. The van der Waals surface area contributed by atoms with E-state index in [4.69, 9.17) is 13.6 Å². The lowest BCUT2D eigenvalue weighted by Crippen LogP contribution is -2.11. The number of para-hydroxylation sites is 1. The van der Waals surface area contributed by atoms with E-state index in [1.165, 1.54) is 0 Å². The van der Waals surface area contributed by atoms with Crippen LogP contribution in [0.2, 0.25) is 0 Å². The molecule has 0 aliphatic rings. The minimum atomic E-state index is -0.463. The van der Waals surface area contributed by atoms with Crippen LogP contribution in [0.4, 0.5) is 6.01 Å². The first-order valence-corrected chi connectivity index (χ1v) is 8.92. The fourth-order valence-electron chi connectivity index (χ4n) is 2.51. The molecular weight excluding hydrogens is 354 g/mol. The Hall–Kier alpha value is -3.13. The van der Waals surface area contributed by atoms with E-state index in [-0.39, 0.29) is 11.8 Å². The number of fused-ring (bicyclic) bond motifs is 1. The van der Waals surface area contributed by atoms with Crippen LogP contribution in [0.1, 0.15) is 28.2 Å². The van der Waals surface area contributed by atoms with Gasteiger partial charge in [-0.3, -0.25) is 10.1 Å². The van der Waals surface area contributed by atoms with Crippen molar-refractivity contribution in [3.63, 3.8) is 0 Å². The number of anilines is 1. The molecule has 3 aromatic heterocycles. The molecule has 0 saturated carbocycles. The number of nitrogens with zero attached hydrogens (tertiary/aromatic N) is 2. The van der Waals surface area contributed by atoms with Gasteiger partial charge < -0.3 is 13.6 Å². The summed E-state index contributed by atoms with van der Waals surface area (Å²) in [7, 11) is 0. The molecule has 1 aromatic carbocycles. The lowest BCUT2D eigenvalue weighted by Gasteiger charge is -2.02. The predicted molar refractivity (Wildman–Crippen MR) is 96.8 cm³/mol. The summed E-state index contributed by atoms with van der Waals surface area (Å²) in [6.07, 6.45) is 0.531. The van der Waals surface area contributed by atoms with Crippen LogP contribution in [0.25, 0.3) is 11.0 Å². The van der Waals surface area contributed by atoms with Gasteiger partial charge in [-0.05, 0) is 30.5 Å². The number of ether oxygens (including phenoxy) is 1. The normalized spacial score (nSPS) is 11.0. The summed E-state index contributed by atoms with van der Waals surface area (Å²) in [6.45, 7) is 2.40. The number of furan rings is 1. The monoisotopic (exact) mass is 369 g/mol. The van der Waals surface area contributed by atoms with Crippen molar-refractivity contribution in [1.29, 1.82) is 0 Å². The SMILES string of the molecule is CCOc1cccc2cc(C(=O)Nc3nnc(Cc4cccs4)o3)oc12. The topological polar surface area (TPSA) is 90.4 Å². The number of carbonyl (C=O) groups is 1. The van der Waals surface area contributed by atoms with Crippen molar-refractivity contribution in [3.05, 3.63) is 58.3 Å². The minimum Gasteiger partial charge on any atom is -0.490 e. The maximum Gasteiger partial charge on any atom is 0.322 e. The Morgan fingerprint density at radius 2 is 2.15 bits per heavy atom. The smallest absolute Gasteiger partial charge is 0.322 e. The number of amides is 1. The number of hydrogen-bond donors (Lipinski definition) is 1. The van der Waals surface area contributed by atoms with Gasteiger partial charge in [0.15, 0.2) is 17.1 Å². The van der Waals surface area contributed by atoms with Crippen molar-refractivity contribution in [2.75, 3.05) is 11.9 Å². The standard InChI is InChI=1S/C18H15N3O4S/c1-2-23-13-7-3-5-11-9-14(24-16(11)13)17(22)19-18-21-20-15(25-18)10-12-6-4-8-26-12/h3-9H,2,10H2,1H3,(H,19,21,22). The van der Waals surface area contributed by atoms with Crippen molar-refractivity contribution >= 4 is 34.2 Å². The summed E-state index contributed by atoms with van der Waals surface area (Å²) in [5, 5.41) is 13.1. The highest BCUT2D eigenvalue weighted by Gasteiger charge is 2.17. The number of nitrogens with one attached hydrogen (secondary N) is 1. The molecule has 0 aliphatic carbocycles. The third-order valence-corrected chi connectivity index (χ3v) is 4.50. The van der Waals surface area contributed by atoms with Gasteiger partial charge in [0.2, 0.25) is 5.89 Å². The number of thiophene rings is 1. The molecule has 4 rings (SSSR count). The van der Waals surface area contributed by atoms with Gasteiger partial charge in [0.1, 0.15) is 0 Å². The van der Waals surface area contributed by atoms with Gasteiger partial charge in [0.25, 0.3) is 5.91 Å². The van der Waals surface area contributed by atoms with Crippen LogP contribution >= 0.6 is 11.3 Å². The van der Waals surface area contributed by atoms with Gasteiger partial charge in [-0.2, -0.15) is 0 Å². The molecule has 0 bridgehead atoms. The fourth-order valence-corrected chi connectivity index (χ4v) is 3.21. The number of benzene rings is 1. The van der Waals surface area contributed by atoms with Gasteiger partial charge in [-0.25, -0.2) is 0 Å². The molecule has 1 amide bonds. The van der Waals surface area contributed by atoms with E-state index in [0.717, 1.165) is 10.3 Å². The first-order chi connectivity index (χ1) is 12.7. The number of rotatable bonds is 6.